The van der Waals surface area contributed by atoms with Gasteiger partial charge >= 0.3 is 0 Å². The molecule has 0 aliphatic rings. The quantitative estimate of drug-likeness (QED) is 0.394. The molecule has 3 aromatic carbocycles. The molecule has 0 saturated heterocycles. The first kappa shape index (κ1) is 23.4. The molecule has 0 unspecified atom stereocenters. The molecule has 7 nitrogen and oxygen atoms in total. The summed E-state index contributed by atoms with van der Waals surface area (Å²) in [6.45, 7) is 1.37. The molecule has 3 aromatic rings. The van der Waals surface area contributed by atoms with Crippen LogP contribution in [0.2, 0.25) is 0 Å². The Bertz CT molecular complexity index is 1180. The van der Waals surface area contributed by atoms with E-state index in [1.54, 1.807) is 42.5 Å². The number of methoxy groups -OCH3 is 1. The SMILES string of the molecule is COc1ccc(/C=N/NC(=O)c2ccc(NC(C)=O)cc2)cc1COc1ccc(F)cc1F. The van der Waals surface area contributed by atoms with Crippen LogP contribution in [0.1, 0.15) is 28.4 Å². The number of anilines is 1. The molecule has 0 aliphatic carbocycles. The maximum atomic E-state index is 13.8. The fourth-order valence-electron chi connectivity index (χ4n) is 2.88. The van der Waals surface area contributed by atoms with Gasteiger partial charge in [0.25, 0.3) is 5.91 Å². The van der Waals surface area contributed by atoms with E-state index in [2.05, 4.69) is 15.8 Å². The first-order chi connectivity index (χ1) is 15.9. The summed E-state index contributed by atoms with van der Waals surface area (Å²) in [5, 5.41) is 6.57. The number of nitrogens with one attached hydrogen (secondary N) is 2. The second kappa shape index (κ2) is 10.9. The number of ether oxygens (including phenoxy) is 2. The van der Waals surface area contributed by atoms with Crippen LogP contribution in [-0.2, 0) is 11.4 Å². The van der Waals surface area contributed by atoms with Crippen molar-refractivity contribution in [3.05, 3.63) is 89.0 Å². The Labute approximate surface area is 189 Å². The number of hydrogen-bond acceptors (Lipinski definition) is 5. The van der Waals surface area contributed by atoms with Gasteiger partial charge in [-0.25, -0.2) is 14.2 Å². The van der Waals surface area contributed by atoms with Crippen molar-refractivity contribution >= 4 is 23.7 Å². The second-order valence-corrected chi connectivity index (χ2v) is 6.89. The van der Waals surface area contributed by atoms with Gasteiger partial charge in [0, 0.05) is 29.8 Å². The summed E-state index contributed by atoms with van der Waals surface area (Å²) in [6, 6.07) is 14.5. The van der Waals surface area contributed by atoms with Gasteiger partial charge in [0.05, 0.1) is 13.3 Å². The standard InChI is InChI=1S/C24H21F2N3O4/c1-15(30)28-20-7-4-17(5-8-20)24(31)29-27-13-16-3-9-22(32-2)18(11-16)14-33-23-10-6-19(25)12-21(23)26/h3-13H,14H2,1-2H3,(H,28,30)(H,29,31)/b27-13+. The van der Waals surface area contributed by atoms with E-state index in [1.807, 2.05) is 0 Å². The number of hydrazone groups is 1. The fourth-order valence-corrected chi connectivity index (χ4v) is 2.88. The summed E-state index contributed by atoms with van der Waals surface area (Å²) in [4.78, 5) is 23.3. The molecule has 9 heteroatoms. The summed E-state index contributed by atoms with van der Waals surface area (Å²) in [5.74, 6) is -1.71. The molecule has 0 spiro atoms. The Morgan fingerprint density at radius 1 is 1.00 bits per heavy atom. The van der Waals surface area contributed by atoms with Crippen molar-refractivity contribution in [2.45, 2.75) is 13.5 Å². The number of amides is 2. The monoisotopic (exact) mass is 453 g/mol. The van der Waals surface area contributed by atoms with Gasteiger partial charge in [-0.15, -0.1) is 0 Å². The number of nitrogens with zero attached hydrogens (tertiary/aromatic N) is 1. The van der Waals surface area contributed by atoms with Gasteiger partial charge in [-0.2, -0.15) is 5.10 Å². The van der Waals surface area contributed by atoms with E-state index in [4.69, 9.17) is 9.47 Å². The van der Waals surface area contributed by atoms with Crippen LogP contribution in [0.4, 0.5) is 14.5 Å². The normalized spacial score (nSPS) is 10.7. The minimum absolute atomic E-state index is 0.0274. The van der Waals surface area contributed by atoms with Gasteiger partial charge in [-0.3, -0.25) is 9.59 Å². The van der Waals surface area contributed by atoms with Crippen LogP contribution in [0.25, 0.3) is 0 Å². The van der Waals surface area contributed by atoms with Gasteiger partial charge in [0.2, 0.25) is 5.91 Å². The van der Waals surface area contributed by atoms with Gasteiger partial charge in [-0.05, 0) is 60.2 Å². The third-order valence-corrected chi connectivity index (χ3v) is 4.43. The van der Waals surface area contributed by atoms with Crippen LogP contribution in [0.3, 0.4) is 0 Å². The van der Waals surface area contributed by atoms with E-state index in [0.717, 1.165) is 12.1 Å². The molecule has 0 atom stereocenters. The van der Waals surface area contributed by atoms with Crippen LogP contribution in [0.15, 0.2) is 65.8 Å². The molecular formula is C24H21F2N3O4. The Morgan fingerprint density at radius 3 is 2.39 bits per heavy atom. The van der Waals surface area contributed by atoms with Crippen LogP contribution in [-0.4, -0.2) is 25.1 Å². The maximum absolute atomic E-state index is 13.8. The van der Waals surface area contributed by atoms with Crippen molar-refractivity contribution in [2.75, 3.05) is 12.4 Å². The molecule has 0 saturated carbocycles. The summed E-state index contributed by atoms with van der Waals surface area (Å²) in [5.41, 5.74) is 4.61. The van der Waals surface area contributed by atoms with Gasteiger partial charge < -0.3 is 14.8 Å². The van der Waals surface area contributed by atoms with Gasteiger partial charge in [0.1, 0.15) is 18.2 Å². The van der Waals surface area contributed by atoms with E-state index >= 15 is 0 Å². The van der Waals surface area contributed by atoms with Gasteiger partial charge in [0.15, 0.2) is 11.6 Å². The van der Waals surface area contributed by atoms with Crippen molar-refractivity contribution in [3.8, 4) is 11.5 Å². The van der Waals surface area contributed by atoms with E-state index in [-0.39, 0.29) is 18.3 Å². The van der Waals surface area contributed by atoms with Crippen molar-refractivity contribution < 1.29 is 27.8 Å². The number of benzene rings is 3. The highest BCUT2D eigenvalue weighted by Gasteiger charge is 2.09. The molecule has 0 aliphatic heterocycles. The highest BCUT2D eigenvalue weighted by Crippen LogP contribution is 2.24. The second-order valence-electron chi connectivity index (χ2n) is 6.89. The lowest BCUT2D eigenvalue weighted by Gasteiger charge is -2.11. The average molecular weight is 453 g/mol. The van der Waals surface area contributed by atoms with Crippen LogP contribution >= 0.6 is 0 Å². The molecule has 0 aromatic heterocycles. The lowest BCUT2D eigenvalue weighted by atomic mass is 10.1. The van der Waals surface area contributed by atoms with Crippen LogP contribution in [0, 0.1) is 11.6 Å². The first-order valence-corrected chi connectivity index (χ1v) is 9.81. The number of hydrogen-bond donors (Lipinski definition) is 2. The summed E-state index contributed by atoms with van der Waals surface area (Å²) in [6.07, 6.45) is 1.44. The molecule has 33 heavy (non-hydrogen) atoms. The predicted molar refractivity (Wildman–Crippen MR) is 119 cm³/mol. The Morgan fingerprint density at radius 2 is 1.73 bits per heavy atom. The zero-order chi connectivity index (χ0) is 23.8. The predicted octanol–water partition coefficient (Wildman–Crippen LogP) is 4.27. The summed E-state index contributed by atoms with van der Waals surface area (Å²) in [7, 11) is 1.49. The molecule has 0 bridgehead atoms. The number of halogens is 2. The minimum Gasteiger partial charge on any atom is -0.496 e. The molecule has 2 N–H and O–H groups in total. The molecule has 170 valence electrons. The lowest BCUT2D eigenvalue weighted by molar-refractivity contribution is -0.114. The maximum Gasteiger partial charge on any atom is 0.271 e. The Balaban J connectivity index is 1.64. The highest BCUT2D eigenvalue weighted by molar-refractivity contribution is 5.96. The van der Waals surface area contributed by atoms with Crippen molar-refractivity contribution in [2.24, 2.45) is 5.10 Å². The fraction of sp³-hybridized carbons (Fsp3) is 0.125. The summed E-state index contributed by atoms with van der Waals surface area (Å²) < 4.78 is 37.6. The third-order valence-electron chi connectivity index (χ3n) is 4.43. The molecule has 2 amide bonds. The molecule has 0 radical (unpaired) electrons. The van der Waals surface area contributed by atoms with E-state index in [0.29, 0.717) is 28.1 Å². The van der Waals surface area contributed by atoms with Crippen molar-refractivity contribution in [1.82, 2.24) is 5.43 Å². The first-order valence-electron chi connectivity index (χ1n) is 9.81. The van der Waals surface area contributed by atoms with Gasteiger partial charge in [-0.1, -0.05) is 0 Å². The zero-order valence-corrected chi connectivity index (χ0v) is 17.9. The van der Waals surface area contributed by atoms with Crippen LogP contribution in [0.5, 0.6) is 11.5 Å². The van der Waals surface area contributed by atoms with E-state index in [9.17, 15) is 18.4 Å². The molecule has 0 heterocycles. The largest absolute Gasteiger partial charge is 0.496 e. The van der Waals surface area contributed by atoms with E-state index in [1.165, 1.54) is 26.3 Å². The Kier molecular flexibility index (Phi) is 7.69. The zero-order valence-electron chi connectivity index (χ0n) is 17.9. The van der Waals surface area contributed by atoms with Crippen molar-refractivity contribution in [1.29, 1.82) is 0 Å². The van der Waals surface area contributed by atoms with Crippen LogP contribution < -0.4 is 20.2 Å². The number of rotatable bonds is 8. The lowest BCUT2D eigenvalue weighted by Crippen LogP contribution is -2.17. The smallest absolute Gasteiger partial charge is 0.271 e. The number of carbonyl (C=O) groups excluding carboxylic acids is 2. The summed E-state index contributed by atoms with van der Waals surface area (Å²) >= 11 is 0. The highest BCUT2D eigenvalue weighted by atomic mass is 19.1. The van der Waals surface area contributed by atoms with Crippen molar-refractivity contribution in [3.63, 3.8) is 0 Å². The Hall–Kier alpha value is -4.27. The third kappa shape index (κ3) is 6.60. The molecular weight excluding hydrogens is 432 g/mol. The minimum atomic E-state index is -0.806. The molecule has 0 fully saturated rings. The van der Waals surface area contributed by atoms with E-state index < -0.39 is 17.5 Å². The molecule has 3 rings (SSSR count). The topological polar surface area (TPSA) is 89.0 Å². The number of carbonyl (C=O) groups is 2. The average Bonchev–Trinajstić information content (AvgIpc) is 2.78.